The van der Waals surface area contributed by atoms with Gasteiger partial charge in [-0.25, -0.2) is 9.97 Å². The number of aryl methyl sites for hydroxylation is 1. The fourth-order valence-corrected chi connectivity index (χ4v) is 2.49. The van der Waals surface area contributed by atoms with Gasteiger partial charge in [0.2, 0.25) is 5.95 Å². The van der Waals surface area contributed by atoms with E-state index < -0.39 is 0 Å². The molecule has 0 spiro atoms. The summed E-state index contributed by atoms with van der Waals surface area (Å²) in [6.45, 7) is 12.7. The molecule has 0 saturated carbocycles. The quantitative estimate of drug-likeness (QED) is 0.898. The maximum absolute atomic E-state index is 12.6. The number of carbonyl (C=O) groups is 1. The molecule has 22 heavy (non-hydrogen) atoms. The molecular weight excluding hydrogens is 278 g/mol. The third-order valence-corrected chi connectivity index (χ3v) is 4.17. The molecule has 1 N–H and O–H groups in total. The summed E-state index contributed by atoms with van der Waals surface area (Å²) in [6, 6.07) is 2.06. The highest BCUT2D eigenvalue weighted by Crippen LogP contribution is 2.11. The van der Waals surface area contributed by atoms with Crippen molar-refractivity contribution in [3.8, 4) is 0 Å². The van der Waals surface area contributed by atoms with Crippen molar-refractivity contribution < 1.29 is 4.79 Å². The first-order valence-corrected chi connectivity index (χ1v) is 8.17. The van der Waals surface area contributed by atoms with Gasteiger partial charge in [0.1, 0.15) is 5.69 Å². The van der Waals surface area contributed by atoms with Gasteiger partial charge in [-0.1, -0.05) is 13.8 Å². The number of nitrogens with zero attached hydrogens (tertiary/aromatic N) is 4. The van der Waals surface area contributed by atoms with Gasteiger partial charge in [-0.3, -0.25) is 4.79 Å². The number of piperazine rings is 1. The van der Waals surface area contributed by atoms with E-state index in [9.17, 15) is 4.79 Å². The summed E-state index contributed by atoms with van der Waals surface area (Å²) in [6.07, 6.45) is 0.986. The largest absolute Gasteiger partial charge is 0.352 e. The van der Waals surface area contributed by atoms with E-state index in [1.54, 1.807) is 6.07 Å². The van der Waals surface area contributed by atoms with E-state index in [1.165, 1.54) is 0 Å². The Labute approximate surface area is 132 Å². The van der Waals surface area contributed by atoms with Crippen LogP contribution in [0.3, 0.4) is 0 Å². The number of amides is 1. The second-order valence-corrected chi connectivity index (χ2v) is 5.90. The lowest BCUT2D eigenvalue weighted by Crippen LogP contribution is -2.48. The molecule has 0 radical (unpaired) electrons. The maximum atomic E-state index is 12.6. The van der Waals surface area contributed by atoms with Gasteiger partial charge in [0, 0.05) is 37.9 Å². The zero-order valence-electron chi connectivity index (χ0n) is 14.1. The van der Waals surface area contributed by atoms with Crippen molar-refractivity contribution in [1.82, 2.24) is 19.8 Å². The SMILES string of the molecule is CCC(C)Nc1nc(C)cc(C(=O)N2CCN(CC)CC2)n1. The highest BCUT2D eigenvalue weighted by molar-refractivity contribution is 5.92. The zero-order valence-corrected chi connectivity index (χ0v) is 14.1. The summed E-state index contributed by atoms with van der Waals surface area (Å²) < 4.78 is 0. The molecule has 0 bridgehead atoms. The van der Waals surface area contributed by atoms with Crippen LogP contribution in [0.1, 0.15) is 43.4 Å². The normalized spacial score (nSPS) is 17.4. The van der Waals surface area contributed by atoms with Crippen LogP contribution >= 0.6 is 0 Å². The fraction of sp³-hybridized carbons (Fsp3) is 0.688. The van der Waals surface area contributed by atoms with Crippen LogP contribution in [0.15, 0.2) is 6.07 Å². The van der Waals surface area contributed by atoms with Crippen molar-refractivity contribution in [3.05, 3.63) is 17.5 Å². The first kappa shape index (κ1) is 16.7. The number of hydrogen-bond donors (Lipinski definition) is 1. The first-order valence-electron chi connectivity index (χ1n) is 8.17. The van der Waals surface area contributed by atoms with Crippen LogP contribution in [0.2, 0.25) is 0 Å². The van der Waals surface area contributed by atoms with Crippen LogP contribution in [0.4, 0.5) is 5.95 Å². The summed E-state index contributed by atoms with van der Waals surface area (Å²) in [5.41, 5.74) is 1.31. The van der Waals surface area contributed by atoms with Crippen LogP contribution in [0.5, 0.6) is 0 Å². The minimum absolute atomic E-state index is 0.00783. The molecule has 0 aliphatic carbocycles. The Hall–Kier alpha value is -1.69. The molecule has 2 rings (SSSR count). The monoisotopic (exact) mass is 305 g/mol. The van der Waals surface area contributed by atoms with Gasteiger partial charge in [0.15, 0.2) is 0 Å². The molecule has 1 aliphatic heterocycles. The number of rotatable bonds is 5. The average molecular weight is 305 g/mol. The molecule has 6 heteroatoms. The smallest absolute Gasteiger partial charge is 0.272 e. The highest BCUT2D eigenvalue weighted by atomic mass is 16.2. The molecule has 0 aromatic carbocycles. The Morgan fingerprint density at radius 2 is 1.95 bits per heavy atom. The lowest BCUT2D eigenvalue weighted by Gasteiger charge is -2.33. The molecule has 1 fully saturated rings. The molecule has 1 amide bonds. The van der Waals surface area contributed by atoms with Gasteiger partial charge in [0.25, 0.3) is 5.91 Å². The zero-order chi connectivity index (χ0) is 16.1. The van der Waals surface area contributed by atoms with Crippen LogP contribution in [0.25, 0.3) is 0 Å². The van der Waals surface area contributed by atoms with Gasteiger partial charge in [-0.2, -0.15) is 0 Å². The number of hydrogen-bond acceptors (Lipinski definition) is 5. The molecule has 1 aromatic heterocycles. The van der Waals surface area contributed by atoms with Gasteiger partial charge in [-0.05, 0) is 32.9 Å². The van der Waals surface area contributed by atoms with Crippen LogP contribution in [-0.4, -0.2) is 64.4 Å². The Morgan fingerprint density at radius 1 is 1.27 bits per heavy atom. The minimum atomic E-state index is 0.00783. The second kappa shape index (κ2) is 7.54. The molecule has 1 unspecified atom stereocenters. The lowest BCUT2D eigenvalue weighted by atomic mass is 10.2. The Kier molecular flexibility index (Phi) is 5.71. The summed E-state index contributed by atoms with van der Waals surface area (Å²) in [5, 5.41) is 3.25. The van der Waals surface area contributed by atoms with Gasteiger partial charge < -0.3 is 15.1 Å². The lowest BCUT2D eigenvalue weighted by molar-refractivity contribution is 0.0637. The maximum Gasteiger partial charge on any atom is 0.272 e. The molecule has 1 saturated heterocycles. The number of nitrogens with one attached hydrogen (secondary N) is 1. The molecule has 6 nitrogen and oxygen atoms in total. The molecule has 1 atom stereocenters. The van der Waals surface area contributed by atoms with Gasteiger partial charge >= 0.3 is 0 Å². The average Bonchev–Trinajstić information content (AvgIpc) is 2.53. The highest BCUT2D eigenvalue weighted by Gasteiger charge is 2.23. The first-order chi connectivity index (χ1) is 10.5. The van der Waals surface area contributed by atoms with E-state index in [0.29, 0.717) is 11.6 Å². The summed E-state index contributed by atoms with van der Waals surface area (Å²) in [4.78, 5) is 25.7. The van der Waals surface area contributed by atoms with Crippen LogP contribution in [-0.2, 0) is 0 Å². The third kappa shape index (κ3) is 4.16. The number of carbonyl (C=O) groups excluding carboxylic acids is 1. The Bertz CT molecular complexity index is 511. The topological polar surface area (TPSA) is 61.4 Å². The van der Waals surface area contributed by atoms with Crippen molar-refractivity contribution in [2.45, 2.75) is 40.2 Å². The predicted octanol–water partition coefficient (Wildman–Crippen LogP) is 1.77. The van der Waals surface area contributed by atoms with E-state index >= 15 is 0 Å². The Balaban J connectivity index is 2.09. The van der Waals surface area contributed by atoms with Crippen molar-refractivity contribution in [2.75, 3.05) is 38.0 Å². The van der Waals surface area contributed by atoms with E-state index in [4.69, 9.17) is 0 Å². The van der Waals surface area contributed by atoms with E-state index in [2.05, 4.69) is 41.0 Å². The molecular formula is C16H27N5O. The van der Waals surface area contributed by atoms with Crippen molar-refractivity contribution >= 4 is 11.9 Å². The van der Waals surface area contributed by atoms with Crippen LogP contribution < -0.4 is 5.32 Å². The van der Waals surface area contributed by atoms with E-state index in [-0.39, 0.29) is 11.9 Å². The van der Waals surface area contributed by atoms with E-state index in [0.717, 1.165) is 44.8 Å². The standard InChI is InChI=1S/C16H27N5O/c1-5-12(3)17-16-18-13(4)11-14(19-16)15(22)21-9-7-20(6-2)8-10-21/h11-12H,5-10H2,1-4H3,(H,17,18,19). The van der Waals surface area contributed by atoms with Gasteiger partial charge in [0.05, 0.1) is 0 Å². The summed E-state index contributed by atoms with van der Waals surface area (Å²) in [7, 11) is 0. The molecule has 1 aromatic rings. The predicted molar refractivity (Wildman–Crippen MR) is 88.2 cm³/mol. The molecule has 122 valence electrons. The van der Waals surface area contributed by atoms with Crippen LogP contribution in [0, 0.1) is 6.92 Å². The fourth-order valence-electron chi connectivity index (χ4n) is 2.49. The number of likely N-dealkylation sites (N-methyl/N-ethyl adjacent to an activating group) is 1. The van der Waals surface area contributed by atoms with Crippen molar-refractivity contribution in [2.24, 2.45) is 0 Å². The van der Waals surface area contributed by atoms with Crippen molar-refractivity contribution in [1.29, 1.82) is 0 Å². The summed E-state index contributed by atoms with van der Waals surface area (Å²) in [5.74, 6) is 0.554. The summed E-state index contributed by atoms with van der Waals surface area (Å²) >= 11 is 0. The molecule has 2 heterocycles. The third-order valence-electron chi connectivity index (χ3n) is 4.17. The minimum Gasteiger partial charge on any atom is -0.352 e. The van der Waals surface area contributed by atoms with Gasteiger partial charge in [-0.15, -0.1) is 0 Å². The number of aromatic nitrogens is 2. The second-order valence-electron chi connectivity index (χ2n) is 5.90. The van der Waals surface area contributed by atoms with Crippen molar-refractivity contribution in [3.63, 3.8) is 0 Å². The number of anilines is 1. The molecule has 1 aliphatic rings. The van der Waals surface area contributed by atoms with E-state index in [1.807, 2.05) is 11.8 Å². The Morgan fingerprint density at radius 3 is 2.55 bits per heavy atom.